The minimum absolute atomic E-state index is 0.586. The van der Waals surface area contributed by atoms with E-state index in [9.17, 15) is 0 Å². The molecule has 0 heterocycles. The fourth-order valence-corrected chi connectivity index (χ4v) is 1.55. The van der Waals surface area contributed by atoms with E-state index in [4.69, 9.17) is 22.6 Å². The molecular weight excluding hydrogens is 210 g/mol. The van der Waals surface area contributed by atoms with Crippen LogP contribution in [0.25, 0.3) is 0 Å². The van der Waals surface area contributed by atoms with E-state index in [1.165, 1.54) is 0 Å². The molecule has 1 rings (SSSR count). The number of hydrogen-bond donors (Lipinski definition) is 1. The fraction of sp³-hybridized carbons (Fsp3) is 0.364. The summed E-state index contributed by atoms with van der Waals surface area (Å²) in [5.41, 5.74) is 6.93. The van der Waals surface area contributed by atoms with Gasteiger partial charge in [-0.1, -0.05) is 11.6 Å². The zero-order valence-corrected chi connectivity index (χ0v) is 9.46. The Hall–Kier alpha value is -1.24. The molecule has 15 heavy (non-hydrogen) atoms. The molecule has 0 fully saturated rings. The van der Waals surface area contributed by atoms with Gasteiger partial charge in [-0.2, -0.15) is 5.26 Å². The maximum Gasteiger partial charge on any atom is 0.101 e. The number of hydrogen-bond acceptors (Lipinski definition) is 3. The predicted octanol–water partition coefficient (Wildman–Crippen LogP) is 2.00. The van der Waals surface area contributed by atoms with Gasteiger partial charge in [0.2, 0.25) is 0 Å². The molecule has 0 aliphatic carbocycles. The predicted molar refractivity (Wildman–Crippen MR) is 63.1 cm³/mol. The molecule has 0 aliphatic rings. The van der Waals surface area contributed by atoms with Crippen molar-refractivity contribution in [1.82, 2.24) is 0 Å². The van der Waals surface area contributed by atoms with Gasteiger partial charge in [0.05, 0.1) is 11.3 Å². The highest BCUT2D eigenvalue weighted by molar-refractivity contribution is 6.30. The average molecular weight is 224 g/mol. The van der Waals surface area contributed by atoms with Crippen molar-refractivity contribution in [2.75, 3.05) is 25.0 Å². The molecule has 0 atom stereocenters. The highest BCUT2D eigenvalue weighted by Gasteiger charge is 2.06. The van der Waals surface area contributed by atoms with Crippen LogP contribution in [-0.2, 0) is 0 Å². The smallest absolute Gasteiger partial charge is 0.101 e. The molecule has 0 spiro atoms. The number of benzene rings is 1. The van der Waals surface area contributed by atoms with Gasteiger partial charge in [-0.05, 0) is 31.2 Å². The van der Waals surface area contributed by atoms with Crippen LogP contribution in [0, 0.1) is 11.3 Å². The Bertz CT molecular complexity index is 371. The molecule has 0 amide bonds. The third-order valence-corrected chi connectivity index (χ3v) is 2.42. The molecule has 3 nitrogen and oxygen atoms in total. The molecule has 0 saturated heterocycles. The maximum atomic E-state index is 8.96. The van der Waals surface area contributed by atoms with E-state index in [0.717, 1.165) is 18.7 Å². The van der Waals surface area contributed by atoms with Gasteiger partial charge in [-0.25, -0.2) is 0 Å². The van der Waals surface area contributed by atoms with E-state index in [1.54, 1.807) is 12.1 Å². The van der Waals surface area contributed by atoms with Crippen LogP contribution in [0.5, 0.6) is 0 Å². The Kier molecular flexibility index (Phi) is 4.41. The summed E-state index contributed by atoms with van der Waals surface area (Å²) in [6.07, 6.45) is 0.907. The highest BCUT2D eigenvalue weighted by atomic mass is 35.5. The molecule has 4 heteroatoms. The zero-order valence-electron chi connectivity index (χ0n) is 8.70. The van der Waals surface area contributed by atoms with Crippen LogP contribution in [0.1, 0.15) is 12.0 Å². The van der Waals surface area contributed by atoms with Crippen LogP contribution in [-0.4, -0.2) is 20.1 Å². The number of halogens is 1. The normalized spacial score (nSPS) is 9.73. The van der Waals surface area contributed by atoms with Crippen LogP contribution in [0.3, 0.4) is 0 Å². The summed E-state index contributed by atoms with van der Waals surface area (Å²) in [5.74, 6) is 0. The zero-order chi connectivity index (χ0) is 11.3. The van der Waals surface area contributed by atoms with Crippen molar-refractivity contribution < 1.29 is 0 Å². The maximum absolute atomic E-state index is 8.96. The van der Waals surface area contributed by atoms with Gasteiger partial charge in [0.15, 0.2) is 0 Å². The van der Waals surface area contributed by atoms with Crippen molar-refractivity contribution in [2.24, 2.45) is 5.73 Å². The lowest BCUT2D eigenvalue weighted by molar-refractivity contribution is 0.795. The second kappa shape index (κ2) is 5.59. The molecular formula is C11H14ClN3. The van der Waals surface area contributed by atoms with Crippen LogP contribution >= 0.6 is 11.6 Å². The summed E-state index contributed by atoms with van der Waals surface area (Å²) in [4.78, 5) is 2.02. The van der Waals surface area contributed by atoms with Crippen LogP contribution in [0.2, 0.25) is 5.02 Å². The van der Waals surface area contributed by atoms with Crippen LogP contribution in [0.4, 0.5) is 5.69 Å². The third-order valence-electron chi connectivity index (χ3n) is 2.19. The molecule has 0 aliphatic heterocycles. The monoisotopic (exact) mass is 223 g/mol. The summed E-state index contributed by atoms with van der Waals surface area (Å²) in [5, 5.41) is 9.54. The van der Waals surface area contributed by atoms with E-state index >= 15 is 0 Å². The largest absolute Gasteiger partial charge is 0.373 e. The standard InChI is InChI=1S/C11H14ClN3/c1-15(6-2-5-13)11-4-3-10(12)7-9(11)8-14/h3-4,7H,2,5-6,13H2,1H3. The van der Waals surface area contributed by atoms with Crippen molar-refractivity contribution >= 4 is 17.3 Å². The Morgan fingerprint density at radius 3 is 2.87 bits per heavy atom. The molecule has 80 valence electrons. The Balaban J connectivity index is 2.89. The molecule has 1 aromatic carbocycles. The first-order chi connectivity index (χ1) is 7.19. The van der Waals surface area contributed by atoms with Gasteiger partial charge in [-0.15, -0.1) is 0 Å². The Morgan fingerprint density at radius 2 is 2.27 bits per heavy atom. The van der Waals surface area contributed by atoms with E-state index < -0.39 is 0 Å². The summed E-state index contributed by atoms with van der Waals surface area (Å²) in [6, 6.07) is 7.46. The first-order valence-corrected chi connectivity index (χ1v) is 5.17. The Morgan fingerprint density at radius 1 is 1.53 bits per heavy atom. The number of nitrogens with zero attached hydrogens (tertiary/aromatic N) is 2. The lowest BCUT2D eigenvalue weighted by Crippen LogP contribution is -2.21. The first kappa shape index (κ1) is 11.8. The molecule has 1 aromatic rings. The van der Waals surface area contributed by atoms with Crippen molar-refractivity contribution in [3.05, 3.63) is 28.8 Å². The van der Waals surface area contributed by atoms with Crippen molar-refractivity contribution in [3.63, 3.8) is 0 Å². The van der Waals surface area contributed by atoms with Crippen LogP contribution < -0.4 is 10.6 Å². The summed E-state index contributed by atoms with van der Waals surface area (Å²) in [7, 11) is 1.94. The van der Waals surface area contributed by atoms with Gasteiger partial charge in [-0.3, -0.25) is 0 Å². The molecule has 2 N–H and O–H groups in total. The minimum Gasteiger partial charge on any atom is -0.373 e. The van der Waals surface area contributed by atoms with Gasteiger partial charge >= 0.3 is 0 Å². The van der Waals surface area contributed by atoms with Crippen molar-refractivity contribution in [2.45, 2.75) is 6.42 Å². The average Bonchev–Trinajstić information content (AvgIpc) is 2.25. The molecule has 0 unspecified atom stereocenters. The van der Waals surface area contributed by atoms with Gasteiger partial charge in [0, 0.05) is 18.6 Å². The summed E-state index contributed by atoms with van der Waals surface area (Å²) < 4.78 is 0. The second-order valence-electron chi connectivity index (χ2n) is 3.34. The number of nitriles is 1. The van der Waals surface area contributed by atoms with E-state index in [2.05, 4.69) is 6.07 Å². The van der Waals surface area contributed by atoms with E-state index in [0.29, 0.717) is 17.1 Å². The molecule has 0 saturated carbocycles. The van der Waals surface area contributed by atoms with Gasteiger partial charge < -0.3 is 10.6 Å². The SMILES string of the molecule is CN(CCCN)c1ccc(Cl)cc1C#N. The lowest BCUT2D eigenvalue weighted by Gasteiger charge is -2.20. The number of anilines is 1. The Labute approximate surface area is 95.1 Å². The number of nitrogens with two attached hydrogens (primary N) is 1. The van der Waals surface area contributed by atoms with E-state index in [1.807, 2.05) is 18.0 Å². The highest BCUT2D eigenvalue weighted by Crippen LogP contribution is 2.22. The molecule has 0 radical (unpaired) electrons. The van der Waals surface area contributed by atoms with Gasteiger partial charge in [0.25, 0.3) is 0 Å². The lowest BCUT2D eigenvalue weighted by atomic mass is 10.2. The topological polar surface area (TPSA) is 53.0 Å². The van der Waals surface area contributed by atoms with Crippen molar-refractivity contribution in [3.8, 4) is 6.07 Å². The minimum atomic E-state index is 0.586. The quantitative estimate of drug-likeness (QED) is 0.850. The second-order valence-corrected chi connectivity index (χ2v) is 3.77. The van der Waals surface area contributed by atoms with Crippen molar-refractivity contribution in [1.29, 1.82) is 5.26 Å². The van der Waals surface area contributed by atoms with E-state index in [-0.39, 0.29) is 0 Å². The summed E-state index contributed by atoms with van der Waals surface area (Å²) >= 11 is 5.81. The number of rotatable bonds is 4. The van der Waals surface area contributed by atoms with Gasteiger partial charge in [0.1, 0.15) is 6.07 Å². The first-order valence-electron chi connectivity index (χ1n) is 4.80. The van der Waals surface area contributed by atoms with Crippen LogP contribution in [0.15, 0.2) is 18.2 Å². The molecule has 0 aromatic heterocycles. The fourth-order valence-electron chi connectivity index (χ4n) is 1.38. The summed E-state index contributed by atoms with van der Waals surface area (Å²) in [6.45, 7) is 1.49. The molecule has 0 bridgehead atoms. The third kappa shape index (κ3) is 3.12.